The van der Waals surface area contributed by atoms with Crippen molar-refractivity contribution in [2.24, 2.45) is 0 Å². The zero-order chi connectivity index (χ0) is 19.4. The third-order valence-corrected chi connectivity index (χ3v) is 6.29. The third kappa shape index (κ3) is 4.79. The van der Waals surface area contributed by atoms with E-state index in [9.17, 15) is 17.6 Å². The smallest absolute Gasteiger partial charge is 0.270 e. The number of nitrogens with zero attached hydrogens (tertiary/aromatic N) is 3. The fraction of sp³-hybridized carbons (Fsp3) is 0.389. The maximum atomic E-state index is 12.9. The van der Waals surface area contributed by atoms with Crippen LogP contribution in [0.2, 0.25) is 0 Å². The molecule has 1 aliphatic rings. The summed E-state index contributed by atoms with van der Waals surface area (Å²) in [6.07, 6.45) is 1.85. The molecule has 1 fully saturated rings. The van der Waals surface area contributed by atoms with Gasteiger partial charge < -0.3 is 10.2 Å². The van der Waals surface area contributed by atoms with Crippen molar-refractivity contribution in [2.75, 3.05) is 23.0 Å². The monoisotopic (exact) mass is 392 g/mol. The third-order valence-electron chi connectivity index (χ3n) is 4.54. The highest BCUT2D eigenvalue weighted by atomic mass is 32.2. The highest BCUT2D eigenvalue weighted by Gasteiger charge is 2.32. The van der Waals surface area contributed by atoms with E-state index in [0.717, 1.165) is 5.56 Å². The minimum absolute atomic E-state index is 0.0942. The van der Waals surface area contributed by atoms with Crippen LogP contribution in [0.1, 0.15) is 29.4 Å². The highest BCUT2D eigenvalue weighted by molar-refractivity contribution is 7.91. The molecule has 1 aliphatic heterocycles. The van der Waals surface area contributed by atoms with Gasteiger partial charge in [0.15, 0.2) is 9.84 Å². The van der Waals surface area contributed by atoms with Crippen molar-refractivity contribution in [3.8, 4) is 0 Å². The van der Waals surface area contributed by atoms with Gasteiger partial charge in [-0.25, -0.2) is 22.8 Å². The number of hydrogen-bond acceptors (Lipinski definition) is 6. The minimum atomic E-state index is -3.02. The lowest BCUT2D eigenvalue weighted by atomic mass is 10.2. The van der Waals surface area contributed by atoms with Gasteiger partial charge in [0.2, 0.25) is 0 Å². The van der Waals surface area contributed by atoms with Gasteiger partial charge in [-0.1, -0.05) is 12.1 Å². The Morgan fingerprint density at radius 1 is 1.30 bits per heavy atom. The van der Waals surface area contributed by atoms with Crippen molar-refractivity contribution in [1.82, 2.24) is 15.3 Å². The molecule has 1 aromatic heterocycles. The number of sulfone groups is 1. The van der Waals surface area contributed by atoms with Crippen LogP contribution < -0.4 is 10.2 Å². The normalized spacial score (nSPS) is 18.2. The number of halogens is 1. The van der Waals surface area contributed by atoms with Gasteiger partial charge in [0.1, 0.15) is 23.7 Å². The second-order valence-corrected chi connectivity index (χ2v) is 8.64. The Labute approximate surface area is 157 Å². The first-order valence-corrected chi connectivity index (χ1v) is 10.5. The average Bonchev–Trinajstić information content (AvgIpc) is 3.01. The number of amides is 1. The molecule has 1 aromatic carbocycles. The SMILES string of the molecule is CCN(c1cc(C(=O)NCc2ccc(F)cc2)ncn1)C1CCS(=O)(=O)C1. The van der Waals surface area contributed by atoms with Crippen LogP contribution in [0.3, 0.4) is 0 Å². The number of rotatable bonds is 6. The lowest BCUT2D eigenvalue weighted by molar-refractivity contribution is 0.0945. The summed E-state index contributed by atoms with van der Waals surface area (Å²) in [7, 11) is -3.02. The molecule has 7 nitrogen and oxygen atoms in total. The van der Waals surface area contributed by atoms with Crippen LogP contribution in [0.15, 0.2) is 36.7 Å². The molecular formula is C18H21FN4O3S. The van der Waals surface area contributed by atoms with Crippen LogP contribution in [0.25, 0.3) is 0 Å². The summed E-state index contributed by atoms with van der Waals surface area (Å²) < 4.78 is 36.5. The zero-order valence-corrected chi connectivity index (χ0v) is 15.7. The Kier molecular flexibility index (Phi) is 5.69. The summed E-state index contributed by atoms with van der Waals surface area (Å²) in [5.74, 6) is 0.0833. The van der Waals surface area contributed by atoms with Crippen molar-refractivity contribution in [3.05, 3.63) is 53.7 Å². The summed E-state index contributed by atoms with van der Waals surface area (Å²) in [5, 5.41) is 2.74. The van der Waals surface area contributed by atoms with Crippen molar-refractivity contribution in [2.45, 2.75) is 25.9 Å². The van der Waals surface area contributed by atoms with E-state index in [1.807, 2.05) is 11.8 Å². The van der Waals surface area contributed by atoms with Crippen molar-refractivity contribution in [3.63, 3.8) is 0 Å². The Morgan fingerprint density at radius 3 is 2.67 bits per heavy atom. The minimum Gasteiger partial charge on any atom is -0.353 e. The van der Waals surface area contributed by atoms with E-state index >= 15 is 0 Å². The van der Waals surface area contributed by atoms with E-state index in [1.165, 1.54) is 18.5 Å². The number of aromatic nitrogens is 2. The summed E-state index contributed by atoms with van der Waals surface area (Å²) in [5.41, 5.74) is 0.965. The molecular weight excluding hydrogens is 371 g/mol. The largest absolute Gasteiger partial charge is 0.353 e. The molecule has 0 saturated carbocycles. The van der Waals surface area contributed by atoms with Gasteiger partial charge >= 0.3 is 0 Å². The molecule has 0 bridgehead atoms. The molecule has 9 heteroatoms. The molecule has 1 atom stereocenters. The van der Waals surface area contributed by atoms with Crippen LogP contribution in [0, 0.1) is 5.82 Å². The molecule has 1 unspecified atom stereocenters. The van der Waals surface area contributed by atoms with Gasteiger partial charge in [0.05, 0.1) is 11.5 Å². The standard InChI is InChI=1S/C18H21FN4O3S/c1-2-23(15-7-8-27(25,26)11-15)17-9-16(21-12-22-17)18(24)20-10-13-3-5-14(19)6-4-13/h3-6,9,12,15H,2,7-8,10-11H2,1H3,(H,20,24). The topological polar surface area (TPSA) is 92.3 Å². The number of anilines is 1. The summed E-state index contributed by atoms with van der Waals surface area (Å²) in [6.45, 7) is 2.74. The summed E-state index contributed by atoms with van der Waals surface area (Å²) >= 11 is 0. The Morgan fingerprint density at radius 2 is 2.04 bits per heavy atom. The first kappa shape index (κ1) is 19.2. The Balaban J connectivity index is 1.70. The molecule has 0 spiro atoms. The molecule has 2 heterocycles. The average molecular weight is 392 g/mol. The number of carbonyl (C=O) groups is 1. The molecule has 27 heavy (non-hydrogen) atoms. The second kappa shape index (κ2) is 7.99. The number of hydrogen-bond donors (Lipinski definition) is 1. The number of carbonyl (C=O) groups excluding carboxylic acids is 1. The molecule has 0 radical (unpaired) electrons. The van der Waals surface area contributed by atoms with E-state index in [0.29, 0.717) is 18.8 Å². The van der Waals surface area contributed by atoms with Crippen LogP contribution in [-0.4, -0.2) is 48.4 Å². The molecule has 1 N–H and O–H groups in total. The predicted octanol–water partition coefficient (Wildman–Crippen LogP) is 1.56. The van der Waals surface area contributed by atoms with Crippen molar-refractivity contribution in [1.29, 1.82) is 0 Å². The van der Waals surface area contributed by atoms with E-state index in [4.69, 9.17) is 0 Å². The fourth-order valence-electron chi connectivity index (χ4n) is 3.13. The van der Waals surface area contributed by atoms with Crippen LogP contribution in [0.4, 0.5) is 10.2 Å². The lowest BCUT2D eigenvalue weighted by Crippen LogP contribution is -2.37. The summed E-state index contributed by atoms with van der Waals surface area (Å²) in [6, 6.07) is 7.28. The number of nitrogens with one attached hydrogen (secondary N) is 1. The highest BCUT2D eigenvalue weighted by Crippen LogP contribution is 2.22. The Hall–Kier alpha value is -2.55. The molecule has 1 saturated heterocycles. The van der Waals surface area contributed by atoms with Gasteiger partial charge in [-0.2, -0.15) is 0 Å². The molecule has 1 amide bonds. The van der Waals surface area contributed by atoms with Gasteiger partial charge in [-0.15, -0.1) is 0 Å². The summed E-state index contributed by atoms with van der Waals surface area (Å²) in [4.78, 5) is 22.5. The fourth-order valence-corrected chi connectivity index (χ4v) is 4.86. The zero-order valence-electron chi connectivity index (χ0n) is 14.9. The molecule has 0 aliphatic carbocycles. The number of benzene rings is 1. The van der Waals surface area contributed by atoms with Gasteiger partial charge in [-0.05, 0) is 31.0 Å². The predicted molar refractivity (Wildman–Crippen MR) is 99.7 cm³/mol. The van der Waals surface area contributed by atoms with E-state index in [2.05, 4.69) is 15.3 Å². The Bertz CT molecular complexity index is 918. The lowest BCUT2D eigenvalue weighted by Gasteiger charge is -2.27. The van der Waals surface area contributed by atoms with Gasteiger partial charge in [-0.3, -0.25) is 4.79 Å². The van der Waals surface area contributed by atoms with Crippen LogP contribution >= 0.6 is 0 Å². The van der Waals surface area contributed by atoms with Crippen LogP contribution in [0.5, 0.6) is 0 Å². The van der Waals surface area contributed by atoms with Gasteiger partial charge in [0, 0.05) is 25.2 Å². The van der Waals surface area contributed by atoms with Crippen molar-refractivity contribution < 1.29 is 17.6 Å². The molecule has 144 valence electrons. The maximum absolute atomic E-state index is 12.9. The molecule has 2 aromatic rings. The quantitative estimate of drug-likeness (QED) is 0.802. The van der Waals surface area contributed by atoms with E-state index in [-0.39, 0.29) is 41.5 Å². The van der Waals surface area contributed by atoms with E-state index < -0.39 is 9.84 Å². The maximum Gasteiger partial charge on any atom is 0.270 e. The van der Waals surface area contributed by atoms with E-state index in [1.54, 1.807) is 18.2 Å². The van der Waals surface area contributed by atoms with Gasteiger partial charge in [0.25, 0.3) is 5.91 Å². The first-order valence-electron chi connectivity index (χ1n) is 8.69. The molecule has 3 rings (SSSR count). The first-order chi connectivity index (χ1) is 12.9. The van der Waals surface area contributed by atoms with Crippen molar-refractivity contribution >= 4 is 21.6 Å². The van der Waals surface area contributed by atoms with Crippen LogP contribution in [-0.2, 0) is 16.4 Å². The second-order valence-electron chi connectivity index (χ2n) is 6.41.